The first-order valence-electron chi connectivity index (χ1n) is 6.55. The van der Waals surface area contributed by atoms with Crippen molar-refractivity contribution in [2.45, 2.75) is 37.1 Å². The molecule has 4 N–H and O–H groups in total. The van der Waals surface area contributed by atoms with E-state index in [-0.39, 0.29) is 6.61 Å². The summed E-state index contributed by atoms with van der Waals surface area (Å²) in [5.41, 5.74) is 0.813. The molecule has 0 spiro atoms. The molecule has 1 saturated heterocycles. The van der Waals surface area contributed by atoms with Gasteiger partial charge in [-0.1, -0.05) is 30.3 Å². The van der Waals surface area contributed by atoms with Crippen LogP contribution in [0.5, 0.6) is 0 Å². The van der Waals surface area contributed by atoms with Crippen LogP contribution in [0.15, 0.2) is 30.3 Å². The third-order valence-corrected chi connectivity index (χ3v) is 3.33. The zero-order valence-electron chi connectivity index (χ0n) is 11.2. The first-order chi connectivity index (χ1) is 10.0. The van der Waals surface area contributed by atoms with Crippen molar-refractivity contribution in [2.75, 3.05) is 6.61 Å². The molecule has 0 radical (unpaired) electrons. The van der Waals surface area contributed by atoms with Crippen LogP contribution in [0.2, 0.25) is 0 Å². The Hall–Kier alpha value is -1.51. The van der Waals surface area contributed by atoms with Gasteiger partial charge in [0, 0.05) is 0 Å². The zero-order valence-corrected chi connectivity index (χ0v) is 11.2. The minimum Gasteiger partial charge on any atom is -0.455 e. The molecule has 5 atom stereocenters. The molecular formula is C14H18O7. The topological polar surface area (TPSA) is 116 Å². The van der Waals surface area contributed by atoms with E-state index in [1.165, 1.54) is 0 Å². The van der Waals surface area contributed by atoms with Gasteiger partial charge in [-0.3, -0.25) is 0 Å². The standard InChI is InChI=1S/C14H18O7/c15-6-9(16)12-13(10(17)11(18)14(19)21-12)20-7-8-4-2-1-3-5-8/h1-5,9-13,15-18H,6-7H2/t9-,10+,11-,12-,13-/m1/s1. The third-order valence-electron chi connectivity index (χ3n) is 3.33. The Morgan fingerprint density at radius 1 is 1.24 bits per heavy atom. The zero-order chi connectivity index (χ0) is 15.4. The monoisotopic (exact) mass is 298 g/mol. The highest BCUT2D eigenvalue weighted by Gasteiger charge is 2.47. The fraction of sp³-hybridized carbons (Fsp3) is 0.500. The average Bonchev–Trinajstić information content (AvgIpc) is 2.51. The summed E-state index contributed by atoms with van der Waals surface area (Å²) in [5.74, 6) is -1.06. The van der Waals surface area contributed by atoms with Gasteiger partial charge in [0.2, 0.25) is 0 Å². The largest absolute Gasteiger partial charge is 0.455 e. The molecule has 1 aromatic carbocycles. The summed E-state index contributed by atoms with van der Waals surface area (Å²) in [5, 5.41) is 38.1. The van der Waals surface area contributed by atoms with Gasteiger partial charge < -0.3 is 29.9 Å². The predicted octanol–water partition coefficient (Wildman–Crippen LogP) is -1.43. The molecule has 1 fully saturated rings. The number of rotatable bonds is 5. The number of carbonyl (C=O) groups excluding carboxylic acids is 1. The minimum atomic E-state index is -1.74. The van der Waals surface area contributed by atoms with Crippen LogP contribution in [0.1, 0.15) is 5.56 Å². The smallest absolute Gasteiger partial charge is 0.338 e. The van der Waals surface area contributed by atoms with E-state index < -0.39 is 43.1 Å². The molecule has 1 heterocycles. The van der Waals surface area contributed by atoms with Crippen molar-refractivity contribution < 1.29 is 34.7 Å². The van der Waals surface area contributed by atoms with E-state index in [2.05, 4.69) is 0 Å². The van der Waals surface area contributed by atoms with Gasteiger partial charge in [0.25, 0.3) is 0 Å². The lowest BCUT2D eigenvalue weighted by atomic mass is 9.96. The van der Waals surface area contributed by atoms with Crippen molar-refractivity contribution in [1.29, 1.82) is 0 Å². The highest BCUT2D eigenvalue weighted by molar-refractivity contribution is 5.76. The number of carbonyl (C=O) groups is 1. The molecule has 7 heteroatoms. The van der Waals surface area contributed by atoms with E-state index in [4.69, 9.17) is 14.6 Å². The summed E-state index contributed by atoms with van der Waals surface area (Å²) >= 11 is 0. The Morgan fingerprint density at radius 2 is 1.90 bits per heavy atom. The lowest BCUT2D eigenvalue weighted by Gasteiger charge is -2.38. The Bertz CT molecular complexity index is 464. The Kier molecular flexibility index (Phi) is 5.27. The number of esters is 1. The molecular weight excluding hydrogens is 280 g/mol. The first-order valence-corrected chi connectivity index (χ1v) is 6.55. The van der Waals surface area contributed by atoms with Gasteiger partial charge in [-0.25, -0.2) is 4.79 Å². The summed E-state index contributed by atoms with van der Waals surface area (Å²) in [6, 6.07) is 9.06. The summed E-state index contributed by atoms with van der Waals surface area (Å²) in [6.07, 6.45) is -7.07. The Balaban J connectivity index is 2.09. The Labute approximate surface area is 121 Å². The number of benzene rings is 1. The maximum Gasteiger partial charge on any atom is 0.338 e. The van der Waals surface area contributed by atoms with Crippen LogP contribution in [0, 0.1) is 0 Å². The second-order valence-electron chi connectivity index (χ2n) is 4.85. The molecule has 7 nitrogen and oxygen atoms in total. The summed E-state index contributed by atoms with van der Waals surface area (Å²) in [4.78, 5) is 11.4. The van der Waals surface area contributed by atoms with Crippen LogP contribution in [-0.2, 0) is 20.9 Å². The number of hydrogen-bond acceptors (Lipinski definition) is 7. The molecule has 0 amide bonds. The van der Waals surface area contributed by atoms with Crippen LogP contribution in [0.25, 0.3) is 0 Å². The summed E-state index contributed by atoms with van der Waals surface area (Å²) < 4.78 is 10.3. The van der Waals surface area contributed by atoms with Crippen molar-refractivity contribution in [3.63, 3.8) is 0 Å². The van der Waals surface area contributed by atoms with Gasteiger partial charge in [-0.15, -0.1) is 0 Å². The highest BCUT2D eigenvalue weighted by atomic mass is 16.6. The van der Waals surface area contributed by atoms with E-state index in [1.807, 2.05) is 18.2 Å². The molecule has 0 bridgehead atoms. The third kappa shape index (κ3) is 3.58. The van der Waals surface area contributed by atoms with Gasteiger partial charge in [-0.05, 0) is 5.56 Å². The van der Waals surface area contributed by atoms with Gasteiger partial charge in [0.1, 0.15) is 18.3 Å². The molecule has 0 saturated carbocycles. The second kappa shape index (κ2) is 6.97. The SMILES string of the molecule is O=C1O[C@H]([C@H](O)CO)[C@H](OCc2ccccc2)[C@@H](O)[C@H]1O. The molecule has 1 aliphatic rings. The van der Waals surface area contributed by atoms with Crippen molar-refractivity contribution in [2.24, 2.45) is 0 Å². The van der Waals surface area contributed by atoms with Crippen molar-refractivity contribution >= 4 is 5.97 Å². The average molecular weight is 298 g/mol. The van der Waals surface area contributed by atoms with Crippen LogP contribution in [0.4, 0.5) is 0 Å². The lowest BCUT2D eigenvalue weighted by molar-refractivity contribution is -0.228. The molecule has 21 heavy (non-hydrogen) atoms. The maximum atomic E-state index is 11.4. The number of aliphatic hydroxyl groups excluding tert-OH is 4. The molecule has 1 aliphatic heterocycles. The molecule has 0 aliphatic carbocycles. The van der Waals surface area contributed by atoms with Crippen molar-refractivity contribution in [3.8, 4) is 0 Å². The van der Waals surface area contributed by atoms with Gasteiger partial charge in [-0.2, -0.15) is 0 Å². The molecule has 116 valence electrons. The van der Waals surface area contributed by atoms with Gasteiger partial charge >= 0.3 is 5.97 Å². The molecule has 0 unspecified atom stereocenters. The van der Waals surface area contributed by atoms with Crippen LogP contribution < -0.4 is 0 Å². The van der Waals surface area contributed by atoms with Gasteiger partial charge in [0.05, 0.1) is 13.2 Å². The Morgan fingerprint density at radius 3 is 2.52 bits per heavy atom. The fourth-order valence-corrected chi connectivity index (χ4v) is 2.15. The van der Waals surface area contributed by atoms with E-state index in [0.717, 1.165) is 5.56 Å². The molecule has 2 rings (SSSR count). The summed E-state index contributed by atoms with van der Waals surface area (Å²) in [6.45, 7) is -0.562. The van der Waals surface area contributed by atoms with Crippen molar-refractivity contribution in [3.05, 3.63) is 35.9 Å². The van der Waals surface area contributed by atoms with Crippen LogP contribution in [-0.4, -0.2) is 63.5 Å². The fourth-order valence-electron chi connectivity index (χ4n) is 2.15. The summed E-state index contributed by atoms with van der Waals surface area (Å²) in [7, 11) is 0. The number of ether oxygens (including phenoxy) is 2. The molecule has 1 aromatic rings. The second-order valence-corrected chi connectivity index (χ2v) is 4.85. The predicted molar refractivity (Wildman–Crippen MR) is 70.0 cm³/mol. The van der Waals surface area contributed by atoms with E-state index in [0.29, 0.717) is 0 Å². The van der Waals surface area contributed by atoms with Gasteiger partial charge in [0.15, 0.2) is 12.2 Å². The maximum absolute atomic E-state index is 11.4. The van der Waals surface area contributed by atoms with E-state index >= 15 is 0 Å². The lowest BCUT2D eigenvalue weighted by Crippen LogP contribution is -2.60. The van der Waals surface area contributed by atoms with E-state index in [1.54, 1.807) is 12.1 Å². The minimum absolute atomic E-state index is 0.0987. The van der Waals surface area contributed by atoms with Crippen LogP contribution >= 0.6 is 0 Å². The van der Waals surface area contributed by atoms with Crippen LogP contribution in [0.3, 0.4) is 0 Å². The number of hydrogen-bond donors (Lipinski definition) is 4. The van der Waals surface area contributed by atoms with E-state index in [9.17, 15) is 20.1 Å². The number of aliphatic hydroxyl groups is 4. The normalized spacial score (nSPS) is 30.8. The van der Waals surface area contributed by atoms with Crippen molar-refractivity contribution in [1.82, 2.24) is 0 Å². The quantitative estimate of drug-likeness (QED) is 0.493. The number of cyclic esters (lactones) is 1. The highest BCUT2D eigenvalue weighted by Crippen LogP contribution is 2.23. The molecule has 0 aromatic heterocycles. The first kappa shape index (κ1) is 15.9.